The van der Waals surface area contributed by atoms with Gasteiger partial charge in [-0.3, -0.25) is 4.79 Å². The predicted octanol–water partition coefficient (Wildman–Crippen LogP) is 2.79. The van der Waals surface area contributed by atoms with Gasteiger partial charge in [0.05, 0.1) is 17.4 Å². The van der Waals surface area contributed by atoms with Gasteiger partial charge in [0.15, 0.2) is 11.5 Å². The fourth-order valence-corrected chi connectivity index (χ4v) is 3.37. The molecular formula is C16H19N5O. The zero-order valence-corrected chi connectivity index (χ0v) is 12.6. The van der Waals surface area contributed by atoms with Gasteiger partial charge in [0.1, 0.15) is 5.39 Å². The normalized spacial score (nSPS) is 15.9. The maximum Gasteiger partial charge on any atom is 0.262 e. The molecule has 22 heavy (non-hydrogen) atoms. The van der Waals surface area contributed by atoms with E-state index in [1.165, 1.54) is 12.8 Å². The summed E-state index contributed by atoms with van der Waals surface area (Å²) in [5.74, 6) is 0.573. The zero-order valence-electron chi connectivity index (χ0n) is 12.6. The van der Waals surface area contributed by atoms with Crippen molar-refractivity contribution < 1.29 is 0 Å². The lowest BCUT2D eigenvalue weighted by atomic mass is 10.2. The molecule has 6 heteroatoms. The molecule has 1 fully saturated rings. The molecule has 3 aromatic rings. The van der Waals surface area contributed by atoms with Crippen LogP contribution in [0.5, 0.6) is 0 Å². The number of aromatic nitrogens is 5. The minimum atomic E-state index is -0.101. The Labute approximate surface area is 127 Å². The maximum absolute atomic E-state index is 12.5. The molecule has 0 saturated heterocycles. The maximum atomic E-state index is 12.5. The molecule has 1 aliphatic carbocycles. The van der Waals surface area contributed by atoms with Crippen LogP contribution in [0, 0.1) is 0 Å². The second kappa shape index (κ2) is 5.12. The van der Waals surface area contributed by atoms with Gasteiger partial charge in [-0.15, -0.1) is 0 Å². The number of nitrogens with one attached hydrogen (secondary N) is 2. The molecule has 4 rings (SSSR count). The molecule has 114 valence electrons. The Kier molecular flexibility index (Phi) is 3.10. The number of nitrogens with zero attached hydrogens (tertiary/aromatic N) is 3. The van der Waals surface area contributed by atoms with E-state index in [2.05, 4.69) is 9.97 Å². The van der Waals surface area contributed by atoms with Crippen molar-refractivity contribution in [2.24, 2.45) is 0 Å². The van der Waals surface area contributed by atoms with Crippen LogP contribution < -0.4 is 5.56 Å². The van der Waals surface area contributed by atoms with Gasteiger partial charge in [0.25, 0.3) is 5.56 Å². The molecule has 0 amide bonds. The first-order valence-electron chi connectivity index (χ1n) is 7.93. The molecule has 0 aromatic carbocycles. The molecule has 0 spiro atoms. The number of hydrogen-bond acceptors (Lipinski definition) is 3. The lowest BCUT2D eigenvalue weighted by Crippen LogP contribution is -2.12. The van der Waals surface area contributed by atoms with Crippen LogP contribution in [-0.2, 0) is 6.42 Å². The highest BCUT2D eigenvalue weighted by Gasteiger charge is 2.24. The number of H-pyrrole nitrogens is 2. The van der Waals surface area contributed by atoms with Gasteiger partial charge in [0.2, 0.25) is 0 Å². The van der Waals surface area contributed by atoms with Crippen LogP contribution in [0.3, 0.4) is 0 Å². The van der Waals surface area contributed by atoms with E-state index < -0.39 is 0 Å². The van der Waals surface area contributed by atoms with Gasteiger partial charge in [-0.1, -0.05) is 19.8 Å². The minimum absolute atomic E-state index is 0.101. The second-order valence-corrected chi connectivity index (χ2v) is 5.88. The first-order valence-corrected chi connectivity index (χ1v) is 7.93. The first kappa shape index (κ1) is 13.3. The number of aryl methyl sites for hydroxylation is 1. The summed E-state index contributed by atoms with van der Waals surface area (Å²) in [6, 6.07) is 4.17. The van der Waals surface area contributed by atoms with E-state index in [1.54, 1.807) is 0 Å². The highest BCUT2D eigenvalue weighted by molar-refractivity contribution is 5.79. The van der Waals surface area contributed by atoms with Crippen molar-refractivity contribution >= 4 is 11.0 Å². The molecule has 0 radical (unpaired) electrons. The van der Waals surface area contributed by atoms with Crippen molar-refractivity contribution in [3.8, 4) is 11.5 Å². The monoisotopic (exact) mass is 297 g/mol. The second-order valence-electron chi connectivity index (χ2n) is 5.88. The predicted molar refractivity (Wildman–Crippen MR) is 84.8 cm³/mol. The molecule has 1 aliphatic rings. The Morgan fingerprint density at radius 2 is 2.18 bits per heavy atom. The highest BCUT2D eigenvalue weighted by atomic mass is 16.1. The van der Waals surface area contributed by atoms with Crippen LogP contribution in [0.25, 0.3) is 22.6 Å². The first-order chi connectivity index (χ1) is 10.8. The van der Waals surface area contributed by atoms with Crippen molar-refractivity contribution in [1.29, 1.82) is 0 Å². The van der Waals surface area contributed by atoms with Crippen LogP contribution in [0.4, 0.5) is 0 Å². The SMILES string of the molecule is CCc1nn(C2CCCC2)c2nc(-c3ccc[nH]3)[nH]c(=O)c12. The summed E-state index contributed by atoms with van der Waals surface area (Å²) in [6.45, 7) is 2.03. The van der Waals surface area contributed by atoms with Gasteiger partial charge in [-0.2, -0.15) is 5.10 Å². The molecule has 2 N–H and O–H groups in total. The molecule has 6 nitrogen and oxygen atoms in total. The largest absolute Gasteiger partial charge is 0.359 e. The number of aromatic amines is 2. The molecule has 1 saturated carbocycles. The van der Waals surface area contributed by atoms with Gasteiger partial charge in [0, 0.05) is 6.20 Å². The van der Waals surface area contributed by atoms with Crippen LogP contribution in [-0.4, -0.2) is 24.7 Å². The lowest BCUT2D eigenvalue weighted by Gasteiger charge is -2.10. The van der Waals surface area contributed by atoms with E-state index >= 15 is 0 Å². The number of hydrogen-bond donors (Lipinski definition) is 2. The summed E-state index contributed by atoms with van der Waals surface area (Å²) < 4.78 is 1.99. The van der Waals surface area contributed by atoms with Crippen molar-refractivity contribution in [2.75, 3.05) is 0 Å². The Bertz CT molecular complexity index is 853. The average Bonchev–Trinajstić information content (AvgIpc) is 3.26. The molecule has 0 bridgehead atoms. The minimum Gasteiger partial charge on any atom is -0.359 e. The van der Waals surface area contributed by atoms with Crippen molar-refractivity contribution in [3.05, 3.63) is 34.4 Å². The van der Waals surface area contributed by atoms with Crippen LogP contribution >= 0.6 is 0 Å². The van der Waals surface area contributed by atoms with Crippen LogP contribution in [0.2, 0.25) is 0 Å². The lowest BCUT2D eigenvalue weighted by molar-refractivity contribution is 0.474. The molecule has 3 aromatic heterocycles. The smallest absolute Gasteiger partial charge is 0.262 e. The molecule has 0 atom stereocenters. The third-order valence-corrected chi connectivity index (χ3v) is 4.49. The van der Waals surface area contributed by atoms with E-state index in [9.17, 15) is 4.79 Å². The molecule has 0 aliphatic heterocycles. The summed E-state index contributed by atoms with van der Waals surface area (Å²) in [4.78, 5) is 23.2. The molecular weight excluding hydrogens is 278 g/mol. The van der Waals surface area contributed by atoms with Crippen LogP contribution in [0.1, 0.15) is 44.3 Å². The standard InChI is InChI=1S/C16H19N5O/c1-2-11-13-15(21(20-11)10-6-3-4-7-10)18-14(19-16(13)22)12-8-5-9-17-12/h5,8-10,17H,2-4,6-7H2,1H3,(H,18,19,22). The summed E-state index contributed by atoms with van der Waals surface area (Å²) >= 11 is 0. The van der Waals surface area contributed by atoms with Crippen molar-refractivity contribution in [1.82, 2.24) is 24.7 Å². The fourth-order valence-electron chi connectivity index (χ4n) is 3.37. The van der Waals surface area contributed by atoms with E-state index in [0.29, 0.717) is 17.3 Å². The Morgan fingerprint density at radius 1 is 1.36 bits per heavy atom. The van der Waals surface area contributed by atoms with Crippen LogP contribution in [0.15, 0.2) is 23.1 Å². The van der Waals surface area contributed by atoms with Crippen molar-refractivity contribution in [3.63, 3.8) is 0 Å². The summed E-state index contributed by atoms with van der Waals surface area (Å²) in [5, 5.41) is 5.34. The summed E-state index contributed by atoms with van der Waals surface area (Å²) in [5.41, 5.74) is 2.28. The average molecular weight is 297 g/mol. The van der Waals surface area contributed by atoms with Gasteiger partial charge in [-0.05, 0) is 31.4 Å². The quantitative estimate of drug-likeness (QED) is 0.780. The summed E-state index contributed by atoms with van der Waals surface area (Å²) in [6.07, 6.45) is 7.24. The Balaban J connectivity index is 1.97. The third-order valence-electron chi connectivity index (χ3n) is 4.49. The highest BCUT2D eigenvalue weighted by Crippen LogP contribution is 2.31. The Hall–Kier alpha value is -2.37. The van der Waals surface area contributed by atoms with Crippen molar-refractivity contribution in [2.45, 2.75) is 45.1 Å². The number of fused-ring (bicyclic) bond motifs is 1. The topological polar surface area (TPSA) is 79.4 Å². The molecule has 3 heterocycles. The van der Waals surface area contributed by atoms with E-state index in [0.717, 1.165) is 36.3 Å². The van der Waals surface area contributed by atoms with Gasteiger partial charge in [-0.25, -0.2) is 9.67 Å². The van der Waals surface area contributed by atoms with E-state index in [4.69, 9.17) is 10.1 Å². The number of rotatable bonds is 3. The molecule has 0 unspecified atom stereocenters. The van der Waals surface area contributed by atoms with E-state index in [1.807, 2.05) is 29.9 Å². The Morgan fingerprint density at radius 3 is 2.86 bits per heavy atom. The third kappa shape index (κ3) is 1.98. The fraction of sp³-hybridized carbons (Fsp3) is 0.438. The summed E-state index contributed by atoms with van der Waals surface area (Å²) in [7, 11) is 0. The van der Waals surface area contributed by atoms with Gasteiger partial charge >= 0.3 is 0 Å². The zero-order chi connectivity index (χ0) is 15.1. The van der Waals surface area contributed by atoms with E-state index in [-0.39, 0.29) is 5.56 Å². The van der Waals surface area contributed by atoms with Gasteiger partial charge < -0.3 is 9.97 Å².